The average molecular weight is 529 g/mol. The molecule has 4 aromatic rings. The Kier molecular flexibility index (Phi) is 8.84. The van der Waals surface area contributed by atoms with Gasteiger partial charge in [0.2, 0.25) is 5.91 Å². The summed E-state index contributed by atoms with van der Waals surface area (Å²) in [5.41, 5.74) is 3.88. The SMILES string of the molecule is Cc1sc(NC(=O)NCc2ccccc2)nc1-c1cccc(NC(=O)C[C@@H](CC(=O)O)c2ccccc2)c1. The van der Waals surface area contributed by atoms with Crippen molar-refractivity contribution in [1.82, 2.24) is 10.3 Å². The van der Waals surface area contributed by atoms with Gasteiger partial charge in [-0.15, -0.1) is 11.3 Å². The molecule has 0 aliphatic carbocycles. The number of benzene rings is 3. The second-order valence-electron chi connectivity index (χ2n) is 8.76. The van der Waals surface area contributed by atoms with E-state index in [9.17, 15) is 19.5 Å². The van der Waals surface area contributed by atoms with Crippen LogP contribution in [0.3, 0.4) is 0 Å². The fraction of sp³-hybridized carbons (Fsp3) is 0.172. The Morgan fingerprint density at radius 2 is 1.61 bits per heavy atom. The third kappa shape index (κ3) is 7.50. The van der Waals surface area contributed by atoms with E-state index >= 15 is 0 Å². The first kappa shape index (κ1) is 26.6. The van der Waals surface area contributed by atoms with Gasteiger partial charge in [-0.25, -0.2) is 9.78 Å². The average Bonchev–Trinajstić information content (AvgIpc) is 3.27. The van der Waals surface area contributed by atoms with Crippen LogP contribution in [0.15, 0.2) is 84.9 Å². The molecule has 1 heterocycles. The molecule has 0 aliphatic rings. The molecule has 1 aromatic heterocycles. The van der Waals surface area contributed by atoms with Crippen LogP contribution < -0.4 is 16.0 Å². The lowest BCUT2D eigenvalue weighted by Crippen LogP contribution is -2.28. The van der Waals surface area contributed by atoms with E-state index in [2.05, 4.69) is 20.9 Å². The number of thiazole rings is 1. The molecule has 0 spiro atoms. The van der Waals surface area contributed by atoms with Crippen molar-refractivity contribution >= 4 is 40.1 Å². The highest BCUT2D eigenvalue weighted by Gasteiger charge is 2.20. The van der Waals surface area contributed by atoms with Crippen LogP contribution in [0.4, 0.5) is 15.6 Å². The molecule has 0 fully saturated rings. The largest absolute Gasteiger partial charge is 0.481 e. The lowest BCUT2D eigenvalue weighted by Gasteiger charge is -2.15. The Bertz CT molecular complexity index is 1410. The maximum absolute atomic E-state index is 12.8. The van der Waals surface area contributed by atoms with E-state index < -0.39 is 11.9 Å². The lowest BCUT2D eigenvalue weighted by atomic mass is 9.92. The van der Waals surface area contributed by atoms with Gasteiger partial charge in [0.1, 0.15) is 0 Å². The maximum atomic E-state index is 12.8. The minimum absolute atomic E-state index is 0.0441. The number of aromatic nitrogens is 1. The zero-order valence-electron chi connectivity index (χ0n) is 20.8. The number of carboxylic acid groups (broad SMARTS) is 1. The van der Waals surface area contributed by atoms with Crippen molar-refractivity contribution in [1.29, 1.82) is 0 Å². The first-order chi connectivity index (χ1) is 18.4. The summed E-state index contributed by atoms with van der Waals surface area (Å²) < 4.78 is 0. The summed E-state index contributed by atoms with van der Waals surface area (Å²) in [6, 6.07) is 25.7. The molecule has 0 unspecified atom stereocenters. The van der Waals surface area contributed by atoms with Crippen LogP contribution in [-0.2, 0) is 16.1 Å². The van der Waals surface area contributed by atoms with Gasteiger partial charge < -0.3 is 15.7 Å². The normalized spacial score (nSPS) is 11.4. The summed E-state index contributed by atoms with van der Waals surface area (Å²) in [4.78, 5) is 42.0. The van der Waals surface area contributed by atoms with E-state index in [0.717, 1.165) is 21.6 Å². The number of aryl methyl sites for hydroxylation is 1. The molecular formula is C29H28N4O4S. The summed E-state index contributed by atoms with van der Waals surface area (Å²) in [5, 5.41) is 18.3. The van der Waals surface area contributed by atoms with Crippen LogP contribution in [0.5, 0.6) is 0 Å². The number of rotatable bonds is 10. The third-order valence-corrected chi connectivity index (χ3v) is 6.74. The predicted octanol–water partition coefficient (Wildman–Crippen LogP) is 6.03. The van der Waals surface area contributed by atoms with Gasteiger partial charge in [-0.1, -0.05) is 72.8 Å². The molecule has 4 N–H and O–H groups in total. The van der Waals surface area contributed by atoms with Crippen LogP contribution in [0.1, 0.15) is 34.8 Å². The zero-order chi connectivity index (χ0) is 26.9. The number of carbonyl (C=O) groups is 3. The fourth-order valence-corrected chi connectivity index (χ4v) is 4.89. The molecule has 0 bridgehead atoms. The number of urea groups is 1. The molecule has 38 heavy (non-hydrogen) atoms. The number of nitrogens with one attached hydrogen (secondary N) is 3. The fourth-order valence-electron chi connectivity index (χ4n) is 4.06. The molecule has 0 saturated carbocycles. The predicted molar refractivity (Wildman–Crippen MR) is 149 cm³/mol. The van der Waals surface area contributed by atoms with Gasteiger partial charge in [-0.05, 0) is 30.2 Å². The molecule has 0 aliphatic heterocycles. The van der Waals surface area contributed by atoms with E-state index in [4.69, 9.17) is 0 Å². The second-order valence-corrected chi connectivity index (χ2v) is 9.96. The molecule has 8 nitrogen and oxygen atoms in total. The molecule has 4 rings (SSSR count). The monoisotopic (exact) mass is 528 g/mol. The van der Waals surface area contributed by atoms with Crippen LogP contribution in [0, 0.1) is 6.92 Å². The molecular weight excluding hydrogens is 500 g/mol. The second kappa shape index (κ2) is 12.6. The standard InChI is InChI=1S/C29H28N4O4S/c1-19-27(32-29(38-19)33-28(37)30-18-20-9-4-2-5-10-20)22-13-8-14-24(15-22)31-25(34)16-23(17-26(35)36)21-11-6-3-7-12-21/h2-15,23H,16-18H2,1H3,(H,31,34)(H,35,36)(H2,30,32,33,37)/t23-/m0/s1. The topological polar surface area (TPSA) is 120 Å². The summed E-state index contributed by atoms with van der Waals surface area (Å²) >= 11 is 1.36. The highest BCUT2D eigenvalue weighted by Crippen LogP contribution is 2.32. The van der Waals surface area contributed by atoms with Crippen molar-refractivity contribution in [3.05, 3.63) is 101 Å². The van der Waals surface area contributed by atoms with Crippen molar-refractivity contribution in [3.63, 3.8) is 0 Å². The van der Waals surface area contributed by atoms with Crippen LogP contribution in [0.2, 0.25) is 0 Å². The van der Waals surface area contributed by atoms with E-state index in [0.29, 0.717) is 23.1 Å². The van der Waals surface area contributed by atoms with Gasteiger partial charge >= 0.3 is 12.0 Å². The van der Waals surface area contributed by atoms with E-state index in [1.165, 1.54) is 11.3 Å². The van der Waals surface area contributed by atoms with E-state index in [1.54, 1.807) is 6.07 Å². The van der Waals surface area contributed by atoms with E-state index in [1.807, 2.05) is 85.8 Å². The van der Waals surface area contributed by atoms with Gasteiger partial charge in [0.25, 0.3) is 0 Å². The molecule has 194 valence electrons. The minimum Gasteiger partial charge on any atom is -0.481 e. The maximum Gasteiger partial charge on any atom is 0.321 e. The van der Waals surface area contributed by atoms with Gasteiger partial charge in [-0.3, -0.25) is 14.9 Å². The Hall–Kier alpha value is -4.50. The van der Waals surface area contributed by atoms with Crippen LogP contribution >= 0.6 is 11.3 Å². The lowest BCUT2D eigenvalue weighted by molar-refractivity contribution is -0.137. The number of hydrogen-bond acceptors (Lipinski definition) is 5. The smallest absolute Gasteiger partial charge is 0.321 e. The van der Waals surface area contributed by atoms with Crippen LogP contribution in [-0.4, -0.2) is 28.0 Å². The molecule has 9 heteroatoms. The van der Waals surface area contributed by atoms with Crippen molar-refractivity contribution in [2.75, 3.05) is 10.6 Å². The van der Waals surface area contributed by atoms with Gasteiger partial charge in [0.05, 0.1) is 12.1 Å². The quantitative estimate of drug-likeness (QED) is 0.200. The van der Waals surface area contributed by atoms with Crippen molar-refractivity contribution in [2.45, 2.75) is 32.2 Å². The summed E-state index contributed by atoms with van der Waals surface area (Å²) in [6.07, 6.45) is -0.0906. The van der Waals surface area contributed by atoms with Crippen molar-refractivity contribution in [2.24, 2.45) is 0 Å². The van der Waals surface area contributed by atoms with Crippen molar-refractivity contribution < 1.29 is 19.5 Å². The molecule has 3 amide bonds. The Morgan fingerprint density at radius 1 is 0.895 bits per heavy atom. The van der Waals surface area contributed by atoms with E-state index in [-0.39, 0.29) is 24.8 Å². The summed E-state index contributed by atoms with van der Waals surface area (Å²) in [6.45, 7) is 2.32. The molecule has 0 radical (unpaired) electrons. The number of anilines is 2. The number of hydrogen-bond donors (Lipinski definition) is 4. The highest BCUT2D eigenvalue weighted by molar-refractivity contribution is 7.16. The Balaban J connectivity index is 1.39. The van der Waals surface area contributed by atoms with Gasteiger partial charge in [0, 0.05) is 35.0 Å². The molecule has 3 aromatic carbocycles. The van der Waals surface area contributed by atoms with Crippen LogP contribution in [0.25, 0.3) is 11.3 Å². The van der Waals surface area contributed by atoms with Gasteiger partial charge in [0.15, 0.2) is 5.13 Å². The summed E-state index contributed by atoms with van der Waals surface area (Å²) in [5.74, 6) is -1.66. The molecule has 0 saturated heterocycles. The summed E-state index contributed by atoms with van der Waals surface area (Å²) in [7, 11) is 0. The number of amides is 3. The Labute approximate surface area is 224 Å². The first-order valence-corrected chi connectivity index (χ1v) is 12.9. The highest BCUT2D eigenvalue weighted by atomic mass is 32.1. The molecule has 1 atom stereocenters. The number of carboxylic acids is 1. The number of aliphatic carboxylic acids is 1. The Morgan fingerprint density at radius 3 is 2.32 bits per heavy atom. The minimum atomic E-state index is -0.953. The first-order valence-electron chi connectivity index (χ1n) is 12.1. The van der Waals surface area contributed by atoms with Crippen molar-refractivity contribution in [3.8, 4) is 11.3 Å². The van der Waals surface area contributed by atoms with Gasteiger partial charge in [-0.2, -0.15) is 0 Å². The third-order valence-electron chi connectivity index (χ3n) is 5.86. The zero-order valence-corrected chi connectivity index (χ0v) is 21.6. The number of carbonyl (C=O) groups excluding carboxylic acids is 2. The number of nitrogens with zero attached hydrogens (tertiary/aromatic N) is 1.